The third-order valence-corrected chi connectivity index (χ3v) is 13.9. The van der Waals surface area contributed by atoms with Crippen LogP contribution in [0.2, 0.25) is 18.8 Å². The molecule has 4 fully saturated rings. The van der Waals surface area contributed by atoms with Crippen LogP contribution in [0, 0.1) is 46.3 Å². The Morgan fingerprint density at radius 3 is 2.32 bits per heavy atom. The van der Waals surface area contributed by atoms with E-state index in [1.54, 1.807) is 0 Å². The molecule has 4 aliphatic rings. The fourth-order valence-electron chi connectivity index (χ4n) is 5.54. The normalized spacial score (nSPS) is 39.8. The molecule has 0 radical (unpaired) electrons. The molecule has 0 aromatic carbocycles. The number of hydrogen-bond acceptors (Lipinski definition) is 2. The molecule has 0 amide bonds. The van der Waals surface area contributed by atoms with Crippen molar-refractivity contribution in [1.29, 1.82) is 10.5 Å². The van der Waals surface area contributed by atoms with E-state index in [1.165, 1.54) is 31.3 Å². The Morgan fingerprint density at radius 2 is 1.74 bits per heavy atom. The molecule has 0 saturated heterocycles. The minimum atomic E-state index is -2.00. The zero-order chi connectivity index (χ0) is 13.8. The van der Waals surface area contributed by atoms with Crippen LogP contribution in [0.15, 0.2) is 11.1 Å². The van der Waals surface area contributed by atoms with Gasteiger partial charge in [0, 0.05) is 0 Å². The van der Waals surface area contributed by atoms with Gasteiger partial charge in [-0.2, -0.15) is 0 Å². The monoisotopic (exact) mass is 362 g/mol. The Balaban J connectivity index is 2.09. The molecule has 0 aliphatic heterocycles. The fraction of sp³-hybridized carbons (Fsp3) is 0.750. The molecular formula is C16H22N2Sn. The summed E-state index contributed by atoms with van der Waals surface area (Å²) < 4.78 is 0.869. The Bertz CT molecular complexity index is 498. The van der Waals surface area contributed by atoms with Crippen molar-refractivity contribution in [2.45, 2.75) is 44.4 Å². The predicted octanol–water partition coefficient (Wildman–Crippen LogP) is 4.10. The van der Waals surface area contributed by atoms with Gasteiger partial charge in [0.15, 0.2) is 0 Å². The van der Waals surface area contributed by atoms with E-state index >= 15 is 0 Å². The van der Waals surface area contributed by atoms with Crippen LogP contribution < -0.4 is 0 Å². The van der Waals surface area contributed by atoms with E-state index in [-0.39, 0.29) is 0 Å². The quantitative estimate of drug-likeness (QED) is 0.522. The second kappa shape index (κ2) is 4.52. The van der Waals surface area contributed by atoms with Gasteiger partial charge < -0.3 is 0 Å². The van der Waals surface area contributed by atoms with E-state index < -0.39 is 18.4 Å². The number of nitrogens with zero attached hydrogens (tertiary/aromatic N) is 2. The molecule has 0 N–H and O–H groups in total. The molecule has 4 unspecified atom stereocenters. The molecule has 4 saturated carbocycles. The molecule has 4 aliphatic carbocycles. The second-order valence-electron chi connectivity index (χ2n) is 7.82. The summed E-state index contributed by atoms with van der Waals surface area (Å²) in [6.07, 6.45) is 5.23. The molecule has 4 rings (SSSR count). The van der Waals surface area contributed by atoms with Gasteiger partial charge in [-0.1, -0.05) is 0 Å². The minimum absolute atomic E-state index is 0.467. The van der Waals surface area contributed by atoms with E-state index in [4.69, 9.17) is 0 Å². The van der Waals surface area contributed by atoms with Crippen molar-refractivity contribution in [3.8, 4) is 12.1 Å². The van der Waals surface area contributed by atoms with Crippen molar-refractivity contribution in [2.24, 2.45) is 23.7 Å². The Labute approximate surface area is 120 Å². The van der Waals surface area contributed by atoms with Gasteiger partial charge in [-0.15, -0.1) is 0 Å². The van der Waals surface area contributed by atoms with Crippen molar-refractivity contribution >= 4 is 18.4 Å². The van der Waals surface area contributed by atoms with Crippen LogP contribution in [-0.2, 0) is 0 Å². The van der Waals surface area contributed by atoms with E-state index in [2.05, 4.69) is 27.0 Å². The van der Waals surface area contributed by atoms with E-state index in [1.807, 2.05) is 0 Å². The van der Waals surface area contributed by atoms with Crippen LogP contribution in [0.25, 0.3) is 0 Å². The second-order valence-corrected chi connectivity index (χ2v) is 23.2. The van der Waals surface area contributed by atoms with E-state index in [9.17, 15) is 10.5 Å². The van der Waals surface area contributed by atoms with Crippen molar-refractivity contribution < 1.29 is 0 Å². The third kappa shape index (κ3) is 2.04. The zero-order valence-corrected chi connectivity index (χ0v) is 15.0. The van der Waals surface area contributed by atoms with Crippen molar-refractivity contribution in [1.82, 2.24) is 0 Å². The molecule has 2 nitrogen and oxygen atoms in total. The van der Waals surface area contributed by atoms with Gasteiger partial charge in [0.05, 0.1) is 0 Å². The van der Waals surface area contributed by atoms with Gasteiger partial charge in [-0.25, -0.2) is 0 Å². The van der Waals surface area contributed by atoms with E-state index in [0.29, 0.717) is 17.4 Å². The van der Waals surface area contributed by atoms with Crippen molar-refractivity contribution in [3.05, 3.63) is 11.1 Å². The van der Waals surface area contributed by atoms with Crippen LogP contribution in [-0.4, -0.2) is 18.4 Å². The molecule has 4 bridgehead atoms. The zero-order valence-electron chi connectivity index (χ0n) is 12.1. The summed E-state index contributed by atoms with van der Waals surface area (Å²) in [6.45, 7) is 0. The summed E-state index contributed by atoms with van der Waals surface area (Å²) in [5.41, 5.74) is 1.75. The summed E-state index contributed by atoms with van der Waals surface area (Å²) in [5, 5.41) is 18.6. The summed E-state index contributed by atoms with van der Waals surface area (Å²) in [5.74, 6) is 2.98. The molecule has 5 atom stereocenters. The van der Waals surface area contributed by atoms with Crippen LogP contribution >= 0.6 is 0 Å². The SMILES string of the molecule is [CH3][Sn]([CH3])([CH3])[C@@H]1C2CC3CC(C2)C(=C(C#N)C#N)C1C3. The average Bonchev–Trinajstić information content (AvgIpc) is 2.31. The summed E-state index contributed by atoms with van der Waals surface area (Å²) in [4.78, 5) is 7.62. The molecule has 0 spiro atoms. The first-order valence-electron chi connectivity index (χ1n) is 7.50. The number of allylic oxidation sites excluding steroid dienone is 2. The summed E-state index contributed by atoms with van der Waals surface area (Å²) in [7, 11) is 0. The standard InChI is InChI=1S/C13H13N2.3CH3.Sn/c14-6-12(7-15)13-10-2-8-1-9(4-10)5-11(13)3-8;;;;/h2,8-11H,1,3-5H2;3*1H3;. The Morgan fingerprint density at radius 1 is 1.05 bits per heavy atom. The van der Waals surface area contributed by atoms with Crippen molar-refractivity contribution in [3.63, 3.8) is 0 Å². The summed E-state index contributed by atoms with van der Waals surface area (Å²) in [6, 6.07) is 4.39. The maximum atomic E-state index is 9.29. The van der Waals surface area contributed by atoms with E-state index in [0.717, 1.165) is 15.8 Å². The van der Waals surface area contributed by atoms with Gasteiger partial charge in [0.2, 0.25) is 0 Å². The van der Waals surface area contributed by atoms with Crippen LogP contribution in [0.3, 0.4) is 0 Å². The van der Waals surface area contributed by atoms with Gasteiger partial charge in [0.25, 0.3) is 0 Å². The first-order valence-corrected chi connectivity index (χ1v) is 17.7. The Hall–Kier alpha value is -0.481. The van der Waals surface area contributed by atoms with Crippen LogP contribution in [0.5, 0.6) is 0 Å². The first kappa shape index (κ1) is 13.5. The molecular weight excluding hydrogens is 339 g/mol. The Kier molecular flexibility index (Phi) is 3.21. The van der Waals surface area contributed by atoms with Crippen molar-refractivity contribution in [2.75, 3.05) is 0 Å². The number of rotatable bonds is 1. The van der Waals surface area contributed by atoms with Crippen LogP contribution in [0.4, 0.5) is 0 Å². The molecule has 19 heavy (non-hydrogen) atoms. The number of nitriles is 2. The average molecular weight is 361 g/mol. The maximum absolute atomic E-state index is 9.29. The topological polar surface area (TPSA) is 47.6 Å². The molecule has 100 valence electrons. The fourth-order valence-corrected chi connectivity index (χ4v) is 14.7. The van der Waals surface area contributed by atoms with Gasteiger partial charge in [-0.05, 0) is 0 Å². The molecule has 0 aromatic rings. The summed E-state index contributed by atoms with van der Waals surface area (Å²) >= 11 is -2.00. The van der Waals surface area contributed by atoms with Gasteiger partial charge >= 0.3 is 120 Å². The third-order valence-electron chi connectivity index (χ3n) is 5.72. The number of hydrogen-bond donors (Lipinski definition) is 0. The molecule has 0 heterocycles. The first-order chi connectivity index (χ1) is 8.95. The molecule has 3 heteroatoms. The van der Waals surface area contributed by atoms with Crippen LogP contribution in [0.1, 0.15) is 25.7 Å². The van der Waals surface area contributed by atoms with Gasteiger partial charge in [-0.3, -0.25) is 0 Å². The predicted molar refractivity (Wildman–Crippen MR) is 77.8 cm³/mol. The van der Waals surface area contributed by atoms with Gasteiger partial charge in [0.1, 0.15) is 0 Å². The molecule has 0 aromatic heterocycles.